The number of unbranched alkanes of at least 4 members (excludes halogenated alkanes) is 1. The largest absolute Gasteiger partial charge is 0.382 e. The van der Waals surface area contributed by atoms with Crippen LogP contribution in [0.1, 0.15) is 44.1 Å². The van der Waals surface area contributed by atoms with Gasteiger partial charge in [-0.05, 0) is 31.1 Å². The van der Waals surface area contributed by atoms with Gasteiger partial charge < -0.3 is 62.2 Å². The molecule has 20 nitrogen and oxygen atoms in total. The van der Waals surface area contributed by atoms with Gasteiger partial charge in [0.1, 0.15) is 0 Å². The lowest BCUT2D eigenvalue weighted by molar-refractivity contribution is -0.138. The number of ether oxygens (including phenoxy) is 12. The Morgan fingerprint density at radius 3 is 1.39 bits per heavy atom. The minimum absolute atomic E-state index is 0.0254. The summed E-state index contributed by atoms with van der Waals surface area (Å²) in [6.45, 7) is 11.5. The first kappa shape index (κ1) is 59.0. The molecule has 0 aliphatic carbocycles. The summed E-state index contributed by atoms with van der Waals surface area (Å²) in [5, 5.41) is 6.83. The van der Waals surface area contributed by atoms with Gasteiger partial charge in [0.25, 0.3) is 0 Å². The van der Waals surface area contributed by atoms with Gasteiger partial charge >= 0.3 is 0 Å². The lowest BCUT2D eigenvalue weighted by atomic mass is 10.0. The molecule has 1 atom stereocenters. The molecule has 2 N–H and O–H groups in total. The Morgan fingerprint density at radius 1 is 0.576 bits per heavy atom. The Bertz CT molecular complexity index is 1400. The second kappa shape index (κ2) is 43.1. The van der Waals surface area contributed by atoms with Crippen LogP contribution in [0.15, 0.2) is 35.4 Å². The molecule has 1 aliphatic rings. The van der Waals surface area contributed by atoms with Crippen molar-refractivity contribution in [2.45, 2.75) is 43.8 Å². The summed E-state index contributed by atoms with van der Waals surface area (Å²) >= 11 is 1.34. The number of likely N-dealkylation sites (tertiary alicyclic amines) is 1. The highest BCUT2D eigenvalue weighted by atomic mass is 32.2. The lowest BCUT2D eigenvalue weighted by Gasteiger charge is -2.14. The van der Waals surface area contributed by atoms with E-state index in [2.05, 4.69) is 15.8 Å². The molecular formula is C45H76N4O16S. The standard InChI is InChI=1S/C45H76N4O16S/c1-54-16-17-56-20-21-58-24-25-60-28-29-62-32-33-64-36-37-65-35-34-63-31-30-61-27-26-59-23-22-57-19-18-55-15-13-46-42(50)11-7-6-10-40(39-8-4-3-5-9-39)47-48-43(51)12-14-49-44(52)38-41(66-2)45(49)53/h3-5,8-9,41H,6-7,10-38H2,1-2H3,(H,46,50)(H,48,51)/b47-40-. The van der Waals surface area contributed by atoms with Crippen molar-refractivity contribution >= 4 is 41.1 Å². The van der Waals surface area contributed by atoms with Gasteiger partial charge in [0.2, 0.25) is 23.6 Å². The molecular weight excluding hydrogens is 885 g/mol. The zero-order chi connectivity index (χ0) is 47.4. The number of hydrogen-bond acceptors (Lipinski definition) is 18. The number of methoxy groups -OCH3 is 1. The molecule has 378 valence electrons. The predicted molar refractivity (Wildman–Crippen MR) is 247 cm³/mol. The maximum Gasteiger partial charge on any atom is 0.242 e. The van der Waals surface area contributed by atoms with Crippen LogP contribution in [-0.2, 0) is 76.0 Å². The zero-order valence-electron chi connectivity index (χ0n) is 39.2. The Balaban J connectivity index is 1.29. The van der Waals surface area contributed by atoms with E-state index in [9.17, 15) is 19.2 Å². The number of hydrazone groups is 1. The number of nitrogens with one attached hydrogen (secondary N) is 2. The van der Waals surface area contributed by atoms with Crippen LogP contribution in [-0.4, -0.2) is 218 Å². The van der Waals surface area contributed by atoms with Crippen molar-refractivity contribution in [3.05, 3.63) is 35.9 Å². The number of benzene rings is 1. The van der Waals surface area contributed by atoms with Gasteiger partial charge in [0.05, 0.1) is 163 Å². The first-order chi connectivity index (χ1) is 32.5. The molecule has 1 saturated heterocycles. The topological polar surface area (TPSA) is 219 Å². The van der Waals surface area contributed by atoms with Crippen molar-refractivity contribution in [1.29, 1.82) is 0 Å². The van der Waals surface area contributed by atoms with Crippen molar-refractivity contribution in [3.63, 3.8) is 0 Å². The summed E-state index contributed by atoms with van der Waals surface area (Å²) in [6.07, 6.45) is 4.13. The first-order valence-electron chi connectivity index (χ1n) is 22.8. The summed E-state index contributed by atoms with van der Waals surface area (Å²) in [5.41, 5.74) is 4.10. The van der Waals surface area contributed by atoms with E-state index in [-0.39, 0.29) is 48.3 Å². The van der Waals surface area contributed by atoms with Crippen molar-refractivity contribution in [3.8, 4) is 0 Å². The Kier molecular flexibility index (Phi) is 38.5. The number of hydrogen-bond donors (Lipinski definition) is 2. The minimum atomic E-state index is -0.388. The van der Waals surface area contributed by atoms with Gasteiger partial charge in [-0.25, -0.2) is 5.43 Å². The van der Waals surface area contributed by atoms with E-state index in [1.54, 1.807) is 13.4 Å². The predicted octanol–water partition coefficient (Wildman–Crippen LogP) is 1.89. The van der Waals surface area contributed by atoms with Gasteiger partial charge in [-0.2, -0.15) is 16.9 Å². The number of amides is 4. The first-order valence-corrected chi connectivity index (χ1v) is 24.1. The SMILES string of the molecule is COCCOCCOCCOCCOCCOCCOCCOCCOCCOCCOCCOCCNC(=O)CCCC/C(=N/NC(=O)CCN1C(=O)CC(SC)C1=O)c1ccccc1. The summed E-state index contributed by atoms with van der Waals surface area (Å²) in [4.78, 5) is 50.5. The molecule has 1 aromatic carbocycles. The Labute approximate surface area is 395 Å². The highest BCUT2D eigenvalue weighted by Crippen LogP contribution is 2.23. The van der Waals surface area contributed by atoms with Crippen LogP contribution >= 0.6 is 11.8 Å². The Hall–Kier alpha value is -3.16. The van der Waals surface area contributed by atoms with Gasteiger partial charge in [-0.15, -0.1) is 0 Å². The summed E-state index contributed by atoms with van der Waals surface area (Å²) in [5.74, 6) is -0.969. The normalized spacial score (nSPS) is 14.1. The zero-order valence-corrected chi connectivity index (χ0v) is 40.0. The molecule has 0 aromatic heterocycles. The van der Waals surface area contributed by atoms with Crippen LogP contribution in [0.2, 0.25) is 0 Å². The van der Waals surface area contributed by atoms with Crippen molar-refractivity contribution in [2.24, 2.45) is 5.10 Å². The maximum absolute atomic E-state index is 12.5. The number of carbonyl (C=O) groups is 4. The van der Waals surface area contributed by atoms with E-state index in [0.29, 0.717) is 190 Å². The van der Waals surface area contributed by atoms with E-state index in [0.717, 1.165) is 10.5 Å². The minimum Gasteiger partial charge on any atom is -0.382 e. The molecule has 0 radical (unpaired) electrons. The maximum atomic E-state index is 12.5. The van der Waals surface area contributed by atoms with Gasteiger partial charge in [-0.1, -0.05) is 30.3 Å². The molecule has 0 saturated carbocycles. The van der Waals surface area contributed by atoms with E-state index in [4.69, 9.17) is 56.8 Å². The molecule has 66 heavy (non-hydrogen) atoms. The smallest absolute Gasteiger partial charge is 0.242 e. The van der Waals surface area contributed by atoms with E-state index in [1.165, 1.54) is 11.8 Å². The molecule has 0 spiro atoms. The van der Waals surface area contributed by atoms with Crippen LogP contribution in [0.3, 0.4) is 0 Å². The number of imide groups is 1. The fraction of sp³-hybridized carbons (Fsp3) is 0.756. The van der Waals surface area contributed by atoms with Crippen LogP contribution in [0.25, 0.3) is 0 Å². The number of rotatable bonds is 47. The lowest BCUT2D eigenvalue weighted by Crippen LogP contribution is -2.34. The van der Waals surface area contributed by atoms with Crippen LogP contribution < -0.4 is 10.7 Å². The third-order valence-electron chi connectivity index (χ3n) is 9.26. The Morgan fingerprint density at radius 2 is 0.985 bits per heavy atom. The van der Waals surface area contributed by atoms with Crippen LogP contribution in [0.4, 0.5) is 0 Å². The fourth-order valence-corrected chi connectivity index (χ4v) is 6.38. The van der Waals surface area contributed by atoms with Crippen LogP contribution in [0.5, 0.6) is 0 Å². The van der Waals surface area contributed by atoms with Gasteiger partial charge in [0.15, 0.2) is 0 Å². The third-order valence-corrected chi connectivity index (χ3v) is 10.2. The molecule has 1 aliphatic heterocycles. The fourth-order valence-electron chi connectivity index (χ4n) is 5.74. The van der Waals surface area contributed by atoms with E-state index < -0.39 is 0 Å². The molecule has 21 heteroatoms. The van der Waals surface area contributed by atoms with Crippen LogP contribution in [0, 0.1) is 0 Å². The molecule has 2 rings (SSSR count). The number of thioether (sulfide) groups is 1. The average Bonchev–Trinajstić information content (AvgIpc) is 3.61. The molecule has 1 aromatic rings. The molecule has 1 fully saturated rings. The number of carbonyl (C=O) groups excluding carboxylic acids is 4. The highest BCUT2D eigenvalue weighted by molar-refractivity contribution is 8.00. The molecule has 1 unspecified atom stereocenters. The summed E-state index contributed by atoms with van der Waals surface area (Å²) in [7, 11) is 1.64. The molecule has 4 amide bonds. The highest BCUT2D eigenvalue weighted by Gasteiger charge is 2.37. The monoisotopic (exact) mass is 960 g/mol. The summed E-state index contributed by atoms with van der Waals surface area (Å²) < 4.78 is 65.1. The summed E-state index contributed by atoms with van der Waals surface area (Å²) in [6, 6.07) is 9.47. The van der Waals surface area contributed by atoms with Gasteiger partial charge in [0, 0.05) is 39.5 Å². The number of nitrogens with zero attached hydrogens (tertiary/aromatic N) is 2. The molecule has 0 bridgehead atoms. The second-order valence-electron chi connectivity index (χ2n) is 14.3. The van der Waals surface area contributed by atoms with E-state index >= 15 is 0 Å². The van der Waals surface area contributed by atoms with Crippen molar-refractivity contribution in [1.82, 2.24) is 15.6 Å². The van der Waals surface area contributed by atoms with Crippen molar-refractivity contribution < 1.29 is 76.0 Å². The quantitative estimate of drug-likeness (QED) is 0.0413. The molecule has 1 heterocycles. The van der Waals surface area contributed by atoms with Gasteiger partial charge in [-0.3, -0.25) is 24.1 Å². The van der Waals surface area contributed by atoms with E-state index in [1.807, 2.05) is 30.3 Å². The second-order valence-corrected chi connectivity index (χ2v) is 15.3. The van der Waals surface area contributed by atoms with Crippen molar-refractivity contribution in [2.75, 3.05) is 178 Å². The third kappa shape index (κ3) is 32.5. The average molecular weight is 961 g/mol.